The molecule has 2 heterocycles. The van der Waals surface area contributed by atoms with Gasteiger partial charge in [0.15, 0.2) is 11.5 Å². The van der Waals surface area contributed by atoms with Crippen LogP contribution in [0.3, 0.4) is 0 Å². The summed E-state index contributed by atoms with van der Waals surface area (Å²) in [6.07, 6.45) is 1.94. The lowest BCUT2D eigenvalue weighted by atomic mass is 10.0. The van der Waals surface area contributed by atoms with Crippen molar-refractivity contribution in [3.05, 3.63) is 89.5 Å². The van der Waals surface area contributed by atoms with Gasteiger partial charge < -0.3 is 19.1 Å². The second kappa shape index (κ2) is 10.0. The summed E-state index contributed by atoms with van der Waals surface area (Å²) in [5.74, 6) is 2.40. The number of rotatable bonds is 6. The van der Waals surface area contributed by atoms with Crippen LogP contribution in [0, 0.1) is 0 Å². The van der Waals surface area contributed by atoms with Gasteiger partial charge in [-0.3, -0.25) is 9.69 Å². The number of carbonyl (C=O) groups excluding carboxylic acids is 1. The van der Waals surface area contributed by atoms with Crippen LogP contribution in [0.1, 0.15) is 16.7 Å². The lowest BCUT2D eigenvalue weighted by Gasteiger charge is -2.35. The molecule has 3 aromatic rings. The molecule has 6 nitrogen and oxygen atoms in total. The monoisotopic (exact) mass is 456 g/mol. The van der Waals surface area contributed by atoms with Crippen LogP contribution in [-0.4, -0.2) is 55.8 Å². The van der Waals surface area contributed by atoms with E-state index in [1.54, 1.807) is 7.11 Å². The molecule has 1 saturated heterocycles. The molecule has 0 saturated carbocycles. The van der Waals surface area contributed by atoms with E-state index in [1.165, 1.54) is 5.56 Å². The summed E-state index contributed by atoms with van der Waals surface area (Å²) >= 11 is 0. The summed E-state index contributed by atoms with van der Waals surface area (Å²) in [5, 5.41) is 0. The van der Waals surface area contributed by atoms with Gasteiger partial charge in [-0.1, -0.05) is 54.6 Å². The fourth-order valence-electron chi connectivity index (χ4n) is 4.40. The van der Waals surface area contributed by atoms with E-state index in [-0.39, 0.29) is 12.7 Å². The van der Waals surface area contributed by atoms with Gasteiger partial charge in [0, 0.05) is 43.9 Å². The maximum Gasteiger partial charge on any atom is 0.254 e. The molecule has 0 unspecified atom stereocenters. The summed E-state index contributed by atoms with van der Waals surface area (Å²) < 4.78 is 16.4. The number of benzene rings is 3. The van der Waals surface area contributed by atoms with Gasteiger partial charge in [0.1, 0.15) is 5.75 Å². The van der Waals surface area contributed by atoms with Crippen molar-refractivity contribution in [1.29, 1.82) is 0 Å². The van der Waals surface area contributed by atoms with Crippen LogP contribution in [-0.2, 0) is 11.3 Å². The molecule has 1 amide bonds. The highest BCUT2D eigenvalue weighted by molar-refractivity contribution is 6.24. The summed E-state index contributed by atoms with van der Waals surface area (Å²) in [5.41, 5.74) is 3.65. The third-order valence-corrected chi connectivity index (χ3v) is 6.26. The van der Waals surface area contributed by atoms with Crippen molar-refractivity contribution in [2.75, 3.05) is 40.1 Å². The smallest absolute Gasteiger partial charge is 0.254 e. The molecule has 5 rings (SSSR count). The highest BCUT2D eigenvalue weighted by atomic mass is 16.7. The van der Waals surface area contributed by atoms with Gasteiger partial charge in [-0.15, -0.1) is 0 Å². The predicted molar refractivity (Wildman–Crippen MR) is 132 cm³/mol. The van der Waals surface area contributed by atoms with E-state index >= 15 is 0 Å². The Kier molecular flexibility index (Phi) is 6.49. The molecule has 0 spiro atoms. The van der Waals surface area contributed by atoms with Crippen molar-refractivity contribution in [2.45, 2.75) is 6.54 Å². The largest absolute Gasteiger partial charge is 0.496 e. The van der Waals surface area contributed by atoms with Gasteiger partial charge in [0.2, 0.25) is 6.79 Å². The molecule has 0 bridgehead atoms. The Morgan fingerprint density at radius 3 is 2.44 bits per heavy atom. The fourth-order valence-corrected chi connectivity index (χ4v) is 4.40. The molecule has 6 heteroatoms. The number of carbonyl (C=O) groups is 1. The van der Waals surface area contributed by atoms with E-state index in [4.69, 9.17) is 14.2 Å². The summed E-state index contributed by atoms with van der Waals surface area (Å²) in [7, 11) is 1.65. The number of hydrogen-bond acceptors (Lipinski definition) is 5. The molecule has 174 valence electrons. The number of methoxy groups -OCH3 is 1. The number of para-hydroxylation sites is 1. The SMILES string of the molecule is COc1ccccc1/C=C(/C(=O)N1CCN(Cc2ccc3c(c2)OCO3)CC1)c1ccccc1. The minimum atomic E-state index is 0.0415. The number of piperazine rings is 1. The van der Waals surface area contributed by atoms with Crippen molar-refractivity contribution in [3.8, 4) is 17.2 Å². The van der Waals surface area contributed by atoms with Gasteiger partial charge in [0.05, 0.1) is 7.11 Å². The first kappa shape index (κ1) is 22.0. The van der Waals surface area contributed by atoms with E-state index in [2.05, 4.69) is 11.0 Å². The van der Waals surface area contributed by atoms with Gasteiger partial charge >= 0.3 is 0 Å². The molecule has 0 aliphatic carbocycles. The van der Waals surface area contributed by atoms with E-state index in [1.807, 2.05) is 77.7 Å². The Morgan fingerprint density at radius 2 is 1.65 bits per heavy atom. The number of nitrogens with zero attached hydrogens (tertiary/aromatic N) is 2. The summed E-state index contributed by atoms with van der Waals surface area (Å²) in [6.45, 7) is 4.10. The molecule has 0 N–H and O–H groups in total. The minimum Gasteiger partial charge on any atom is -0.496 e. The molecule has 0 aromatic heterocycles. The Bertz CT molecular complexity index is 1180. The van der Waals surface area contributed by atoms with E-state index in [9.17, 15) is 4.79 Å². The molecule has 1 fully saturated rings. The normalized spacial score (nSPS) is 15.9. The average molecular weight is 457 g/mol. The fraction of sp³-hybridized carbons (Fsp3) is 0.250. The zero-order valence-electron chi connectivity index (χ0n) is 19.3. The third kappa shape index (κ3) is 4.77. The molecule has 2 aliphatic heterocycles. The summed E-state index contributed by atoms with van der Waals surface area (Å²) in [6, 6.07) is 23.7. The first-order chi connectivity index (χ1) is 16.7. The molecular formula is C28H28N2O4. The standard InChI is InChI=1S/C28H28N2O4/c1-32-25-10-6-5-9-23(25)18-24(22-7-3-2-4-8-22)28(31)30-15-13-29(14-16-30)19-21-11-12-26-27(17-21)34-20-33-26/h2-12,17-18H,13-16,19-20H2,1H3/b24-18+. The van der Waals surface area contributed by atoms with Crippen LogP contribution in [0.4, 0.5) is 0 Å². The second-order valence-corrected chi connectivity index (χ2v) is 8.42. The highest BCUT2D eigenvalue weighted by Gasteiger charge is 2.25. The lowest BCUT2D eigenvalue weighted by Crippen LogP contribution is -2.48. The average Bonchev–Trinajstić information content (AvgIpc) is 3.36. The van der Waals surface area contributed by atoms with Crippen LogP contribution in [0.25, 0.3) is 11.6 Å². The van der Waals surface area contributed by atoms with E-state index in [0.717, 1.165) is 48.0 Å². The quantitative estimate of drug-likeness (QED) is 0.409. The maximum absolute atomic E-state index is 13.7. The van der Waals surface area contributed by atoms with E-state index < -0.39 is 0 Å². The van der Waals surface area contributed by atoms with E-state index in [0.29, 0.717) is 18.7 Å². The van der Waals surface area contributed by atoms with Gasteiger partial charge in [-0.05, 0) is 35.4 Å². The number of fused-ring (bicyclic) bond motifs is 1. The molecule has 2 aliphatic rings. The zero-order chi connectivity index (χ0) is 23.3. The van der Waals surface area contributed by atoms with Crippen LogP contribution in [0.5, 0.6) is 17.2 Å². The number of amides is 1. The molecule has 0 radical (unpaired) electrons. The number of ether oxygens (including phenoxy) is 3. The molecular weight excluding hydrogens is 428 g/mol. The van der Waals surface area contributed by atoms with Crippen LogP contribution in [0.2, 0.25) is 0 Å². The Morgan fingerprint density at radius 1 is 0.912 bits per heavy atom. The van der Waals surface area contributed by atoms with Gasteiger partial charge in [-0.25, -0.2) is 0 Å². The van der Waals surface area contributed by atoms with Crippen molar-refractivity contribution in [1.82, 2.24) is 9.80 Å². The zero-order valence-corrected chi connectivity index (χ0v) is 19.3. The van der Waals surface area contributed by atoms with Crippen molar-refractivity contribution in [2.24, 2.45) is 0 Å². The van der Waals surface area contributed by atoms with Crippen molar-refractivity contribution in [3.63, 3.8) is 0 Å². The minimum absolute atomic E-state index is 0.0415. The molecule has 0 atom stereocenters. The van der Waals surface area contributed by atoms with Crippen molar-refractivity contribution < 1.29 is 19.0 Å². The predicted octanol–water partition coefficient (Wildman–Crippen LogP) is 4.31. The molecule has 34 heavy (non-hydrogen) atoms. The summed E-state index contributed by atoms with van der Waals surface area (Å²) in [4.78, 5) is 18.0. The van der Waals surface area contributed by atoms with Gasteiger partial charge in [-0.2, -0.15) is 0 Å². The van der Waals surface area contributed by atoms with Crippen LogP contribution >= 0.6 is 0 Å². The first-order valence-electron chi connectivity index (χ1n) is 11.5. The Balaban J connectivity index is 1.30. The topological polar surface area (TPSA) is 51.2 Å². The second-order valence-electron chi connectivity index (χ2n) is 8.42. The van der Waals surface area contributed by atoms with Gasteiger partial charge in [0.25, 0.3) is 5.91 Å². The number of hydrogen-bond donors (Lipinski definition) is 0. The highest BCUT2D eigenvalue weighted by Crippen LogP contribution is 2.33. The van der Waals surface area contributed by atoms with Crippen LogP contribution < -0.4 is 14.2 Å². The Labute approximate surface area is 200 Å². The molecule has 3 aromatic carbocycles. The third-order valence-electron chi connectivity index (χ3n) is 6.26. The van der Waals surface area contributed by atoms with Crippen LogP contribution in [0.15, 0.2) is 72.8 Å². The lowest BCUT2D eigenvalue weighted by molar-refractivity contribution is -0.126. The Hall–Kier alpha value is -3.77. The van der Waals surface area contributed by atoms with Crippen molar-refractivity contribution >= 4 is 17.6 Å². The first-order valence-corrected chi connectivity index (χ1v) is 11.5. The maximum atomic E-state index is 13.7.